The molecule has 0 aromatic carbocycles. The van der Waals surface area contributed by atoms with Crippen molar-refractivity contribution >= 4 is 29.0 Å². The molecule has 0 saturated heterocycles. The zero-order valence-electron chi connectivity index (χ0n) is 8.17. The molecule has 1 aliphatic carbocycles. The third-order valence-corrected chi connectivity index (χ3v) is 3.17. The van der Waals surface area contributed by atoms with Gasteiger partial charge >= 0.3 is 0 Å². The van der Waals surface area contributed by atoms with Gasteiger partial charge in [0.05, 0.1) is 6.54 Å². The molecule has 0 spiro atoms. The number of nitrogens with zero attached hydrogens (tertiary/aromatic N) is 1. The van der Waals surface area contributed by atoms with E-state index in [9.17, 15) is 4.79 Å². The van der Waals surface area contributed by atoms with E-state index in [4.69, 9.17) is 23.2 Å². The van der Waals surface area contributed by atoms with Gasteiger partial charge in [-0.2, -0.15) is 0 Å². The molecule has 2 rings (SSSR count). The van der Waals surface area contributed by atoms with Crippen LogP contribution >= 0.6 is 23.2 Å². The van der Waals surface area contributed by atoms with E-state index in [1.54, 1.807) is 0 Å². The Kier molecular flexibility index (Phi) is 3.17. The summed E-state index contributed by atoms with van der Waals surface area (Å²) in [5, 5.41) is 0.566. The summed E-state index contributed by atoms with van der Waals surface area (Å²) in [5.41, 5.74) is 3.33. The third-order valence-electron chi connectivity index (χ3n) is 2.56. The average Bonchev–Trinajstić information content (AvgIpc) is 2.62. The molecule has 15 heavy (non-hydrogen) atoms. The second-order valence-corrected chi connectivity index (χ2v) is 4.41. The predicted octanol–water partition coefficient (Wildman–Crippen LogP) is 3.33. The van der Waals surface area contributed by atoms with E-state index in [2.05, 4.69) is 0 Å². The first kappa shape index (κ1) is 10.8. The summed E-state index contributed by atoms with van der Waals surface area (Å²) in [6.07, 6.45) is 6.44. The summed E-state index contributed by atoms with van der Waals surface area (Å²) >= 11 is 11.3. The van der Waals surface area contributed by atoms with Gasteiger partial charge in [-0.1, -0.05) is 23.2 Å². The standard InChI is InChI=1S/C11H11Cl2NO/c12-4-9(13)6-14-5-8-2-1-3-11(15)10(8)7-14/h4-5,7H,1-3,6H2/b9-4+. The molecule has 0 unspecified atom stereocenters. The quantitative estimate of drug-likeness (QED) is 0.782. The minimum atomic E-state index is 0.237. The lowest BCUT2D eigenvalue weighted by atomic mass is 9.95. The van der Waals surface area contributed by atoms with Gasteiger partial charge in [-0.15, -0.1) is 0 Å². The van der Waals surface area contributed by atoms with Crippen LogP contribution < -0.4 is 0 Å². The van der Waals surface area contributed by atoms with Crippen molar-refractivity contribution in [3.05, 3.63) is 34.1 Å². The minimum absolute atomic E-state index is 0.237. The fraction of sp³-hybridized carbons (Fsp3) is 0.364. The van der Waals surface area contributed by atoms with Gasteiger partial charge in [-0.3, -0.25) is 4.79 Å². The van der Waals surface area contributed by atoms with Crippen molar-refractivity contribution in [3.63, 3.8) is 0 Å². The summed E-state index contributed by atoms with van der Waals surface area (Å²) < 4.78 is 1.91. The largest absolute Gasteiger partial charge is 0.348 e. The van der Waals surface area contributed by atoms with E-state index in [0.717, 1.165) is 24.0 Å². The molecule has 1 heterocycles. The van der Waals surface area contributed by atoms with Crippen LogP contribution in [-0.4, -0.2) is 10.4 Å². The van der Waals surface area contributed by atoms with E-state index in [1.165, 1.54) is 5.54 Å². The predicted molar refractivity (Wildman–Crippen MR) is 61.5 cm³/mol. The lowest BCUT2D eigenvalue weighted by Gasteiger charge is -2.07. The minimum Gasteiger partial charge on any atom is -0.348 e. The molecular weight excluding hydrogens is 233 g/mol. The van der Waals surface area contributed by atoms with Crippen molar-refractivity contribution in [1.82, 2.24) is 4.57 Å². The maximum absolute atomic E-state index is 11.6. The highest BCUT2D eigenvalue weighted by Gasteiger charge is 2.18. The number of carbonyl (C=O) groups excluding carboxylic acids is 1. The highest BCUT2D eigenvalue weighted by molar-refractivity contribution is 6.36. The topological polar surface area (TPSA) is 22.0 Å². The van der Waals surface area contributed by atoms with E-state index < -0.39 is 0 Å². The number of allylic oxidation sites excluding steroid dienone is 1. The van der Waals surface area contributed by atoms with Gasteiger partial charge in [0, 0.05) is 34.9 Å². The number of carbonyl (C=O) groups is 1. The molecule has 80 valence electrons. The molecule has 0 N–H and O–H groups in total. The van der Waals surface area contributed by atoms with E-state index in [-0.39, 0.29) is 5.78 Å². The number of hydrogen-bond acceptors (Lipinski definition) is 1. The molecule has 1 aliphatic rings. The van der Waals surface area contributed by atoms with Crippen molar-refractivity contribution in [1.29, 1.82) is 0 Å². The second-order valence-electron chi connectivity index (χ2n) is 3.70. The highest BCUT2D eigenvalue weighted by atomic mass is 35.5. The Morgan fingerprint density at radius 3 is 2.93 bits per heavy atom. The van der Waals surface area contributed by atoms with Crippen LogP contribution in [0.5, 0.6) is 0 Å². The zero-order valence-corrected chi connectivity index (χ0v) is 9.68. The van der Waals surface area contributed by atoms with Crippen molar-refractivity contribution in [2.75, 3.05) is 0 Å². The first-order chi connectivity index (χ1) is 7.20. The summed E-state index contributed by atoms with van der Waals surface area (Å²) in [4.78, 5) is 11.6. The van der Waals surface area contributed by atoms with Gasteiger partial charge in [0.2, 0.25) is 0 Å². The van der Waals surface area contributed by atoms with E-state index >= 15 is 0 Å². The Bertz CT molecular complexity index is 420. The molecule has 0 amide bonds. The molecule has 0 atom stereocenters. The molecule has 1 aromatic rings. The summed E-state index contributed by atoms with van der Waals surface area (Å²) in [7, 11) is 0. The Hall–Kier alpha value is -0.730. The maximum atomic E-state index is 11.6. The fourth-order valence-electron chi connectivity index (χ4n) is 1.88. The Labute approximate surface area is 98.5 Å². The number of ketones is 1. The lowest BCUT2D eigenvalue weighted by molar-refractivity contribution is 0.0973. The van der Waals surface area contributed by atoms with Gasteiger partial charge in [-0.05, 0) is 18.4 Å². The van der Waals surface area contributed by atoms with Gasteiger partial charge in [0.15, 0.2) is 5.78 Å². The van der Waals surface area contributed by atoms with Crippen LogP contribution in [0.3, 0.4) is 0 Å². The molecule has 0 fully saturated rings. The van der Waals surface area contributed by atoms with Crippen LogP contribution in [0.4, 0.5) is 0 Å². The monoisotopic (exact) mass is 243 g/mol. The van der Waals surface area contributed by atoms with E-state index in [1.807, 2.05) is 17.0 Å². The van der Waals surface area contributed by atoms with Crippen LogP contribution in [-0.2, 0) is 13.0 Å². The Morgan fingerprint density at radius 2 is 2.27 bits per heavy atom. The van der Waals surface area contributed by atoms with Gasteiger partial charge in [-0.25, -0.2) is 0 Å². The Balaban J connectivity index is 2.25. The number of fused-ring (bicyclic) bond motifs is 1. The molecule has 0 aliphatic heterocycles. The zero-order chi connectivity index (χ0) is 10.8. The highest BCUT2D eigenvalue weighted by Crippen LogP contribution is 2.22. The molecule has 0 bridgehead atoms. The van der Waals surface area contributed by atoms with Crippen LogP contribution in [0, 0.1) is 0 Å². The summed E-state index contributed by atoms with van der Waals surface area (Å²) in [6, 6.07) is 0. The number of aryl methyl sites for hydroxylation is 1. The van der Waals surface area contributed by atoms with Crippen LogP contribution in [0.2, 0.25) is 0 Å². The second kappa shape index (κ2) is 4.42. The Morgan fingerprint density at radius 1 is 1.47 bits per heavy atom. The SMILES string of the molecule is O=C1CCCc2cn(C/C(Cl)=C\Cl)cc21. The molecular formula is C11H11Cl2NO. The van der Waals surface area contributed by atoms with Crippen molar-refractivity contribution < 1.29 is 4.79 Å². The molecule has 0 saturated carbocycles. The maximum Gasteiger partial charge on any atom is 0.164 e. The van der Waals surface area contributed by atoms with Gasteiger partial charge in [0.1, 0.15) is 0 Å². The smallest absolute Gasteiger partial charge is 0.164 e. The van der Waals surface area contributed by atoms with Crippen molar-refractivity contribution in [2.45, 2.75) is 25.8 Å². The van der Waals surface area contributed by atoms with E-state index in [0.29, 0.717) is 18.0 Å². The average molecular weight is 244 g/mol. The van der Waals surface area contributed by atoms with Crippen LogP contribution in [0.25, 0.3) is 0 Å². The first-order valence-corrected chi connectivity index (χ1v) is 5.69. The number of Topliss-reactive ketones (excluding diaryl/α,β-unsaturated/α-hetero) is 1. The normalized spacial score (nSPS) is 16.7. The molecule has 1 aromatic heterocycles. The first-order valence-electron chi connectivity index (χ1n) is 4.87. The van der Waals surface area contributed by atoms with Crippen LogP contribution in [0.15, 0.2) is 23.0 Å². The number of hydrogen-bond donors (Lipinski definition) is 0. The van der Waals surface area contributed by atoms with Crippen LogP contribution in [0.1, 0.15) is 28.8 Å². The molecule has 0 radical (unpaired) electrons. The number of aromatic nitrogens is 1. The third kappa shape index (κ3) is 2.27. The van der Waals surface area contributed by atoms with Crippen molar-refractivity contribution in [2.24, 2.45) is 0 Å². The van der Waals surface area contributed by atoms with Crippen molar-refractivity contribution in [3.8, 4) is 0 Å². The molecule has 4 heteroatoms. The summed E-state index contributed by atoms with van der Waals surface area (Å²) in [6.45, 7) is 0.533. The summed E-state index contributed by atoms with van der Waals surface area (Å²) in [5.74, 6) is 0.237. The van der Waals surface area contributed by atoms with Gasteiger partial charge < -0.3 is 4.57 Å². The fourth-order valence-corrected chi connectivity index (χ4v) is 2.09. The lowest BCUT2D eigenvalue weighted by Crippen LogP contribution is -2.07. The molecule has 2 nitrogen and oxygen atoms in total. The number of rotatable bonds is 2. The number of halogens is 2. The van der Waals surface area contributed by atoms with Gasteiger partial charge in [0.25, 0.3) is 0 Å².